The van der Waals surface area contributed by atoms with Crippen molar-refractivity contribution in [2.45, 2.75) is 25.9 Å². The number of aliphatic hydroxyl groups is 1. The molecule has 0 radical (unpaired) electrons. The zero-order valence-electron chi connectivity index (χ0n) is 10.9. The maximum Gasteiger partial charge on any atom is 0.124 e. The minimum Gasteiger partial charge on any atom is -0.497 e. The summed E-state index contributed by atoms with van der Waals surface area (Å²) in [6.45, 7) is 4.28. The summed E-state index contributed by atoms with van der Waals surface area (Å²) in [6, 6.07) is 5.61. The van der Waals surface area contributed by atoms with Gasteiger partial charge in [0, 0.05) is 30.4 Å². The van der Waals surface area contributed by atoms with Gasteiger partial charge in [-0.2, -0.15) is 0 Å². The zero-order chi connectivity index (χ0) is 12.9. The molecule has 4 heteroatoms. The highest BCUT2D eigenvalue weighted by molar-refractivity contribution is 5.53. The lowest BCUT2D eigenvalue weighted by atomic mass is 10.1. The molecule has 1 aromatic carbocycles. The van der Waals surface area contributed by atoms with Crippen LogP contribution in [0.3, 0.4) is 0 Å². The van der Waals surface area contributed by atoms with Gasteiger partial charge in [0.2, 0.25) is 0 Å². The number of nitrogens with one attached hydrogen (secondary N) is 1. The Labute approximate surface area is 103 Å². The second kappa shape index (κ2) is 5.77. The van der Waals surface area contributed by atoms with Crippen molar-refractivity contribution in [2.24, 2.45) is 0 Å². The highest BCUT2D eigenvalue weighted by atomic mass is 16.5. The molecule has 0 aliphatic rings. The van der Waals surface area contributed by atoms with Crippen molar-refractivity contribution >= 4 is 5.69 Å². The smallest absolute Gasteiger partial charge is 0.124 e. The molecule has 0 saturated carbocycles. The fourth-order valence-electron chi connectivity index (χ4n) is 1.42. The van der Waals surface area contributed by atoms with Gasteiger partial charge >= 0.3 is 0 Å². The topological polar surface area (TPSA) is 50.7 Å². The van der Waals surface area contributed by atoms with E-state index < -0.39 is 5.60 Å². The molecule has 1 rings (SSSR count). The molecule has 0 atom stereocenters. The lowest BCUT2D eigenvalue weighted by Crippen LogP contribution is -2.22. The van der Waals surface area contributed by atoms with E-state index in [1.165, 1.54) is 0 Å². The normalized spacial score (nSPS) is 11.1. The first kappa shape index (κ1) is 13.6. The second-order valence-corrected chi connectivity index (χ2v) is 4.59. The third-order valence-corrected chi connectivity index (χ3v) is 2.42. The molecule has 96 valence electrons. The van der Waals surface area contributed by atoms with Crippen LogP contribution in [0, 0.1) is 0 Å². The van der Waals surface area contributed by atoms with Gasteiger partial charge in [0.05, 0.1) is 19.8 Å². The summed E-state index contributed by atoms with van der Waals surface area (Å²) in [4.78, 5) is 0. The molecule has 0 heterocycles. The van der Waals surface area contributed by atoms with E-state index in [9.17, 15) is 5.11 Å². The highest BCUT2D eigenvalue weighted by Gasteiger charge is 2.11. The van der Waals surface area contributed by atoms with Crippen LogP contribution in [0.25, 0.3) is 0 Å². The number of benzene rings is 1. The average Bonchev–Trinajstić information content (AvgIpc) is 2.26. The summed E-state index contributed by atoms with van der Waals surface area (Å²) in [5.74, 6) is 1.49. The average molecular weight is 239 g/mol. The number of hydrogen-bond acceptors (Lipinski definition) is 4. The third-order valence-electron chi connectivity index (χ3n) is 2.42. The van der Waals surface area contributed by atoms with Crippen LogP contribution in [0.5, 0.6) is 11.5 Å². The summed E-state index contributed by atoms with van der Waals surface area (Å²) >= 11 is 0. The van der Waals surface area contributed by atoms with Crippen LogP contribution in [-0.2, 0) is 0 Å². The summed E-state index contributed by atoms with van der Waals surface area (Å²) in [5.41, 5.74) is 0.265. The van der Waals surface area contributed by atoms with Gasteiger partial charge in [-0.1, -0.05) is 0 Å². The van der Waals surface area contributed by atoms with Gasteiger partial charge in [0.25, 0.3) is 0 Å². The van der Waals surface area contributed by atoms with Gasteiger partial charge in [-0.25, -0.2) is 0 Å². The van der Waals surface area contributed by atoms with Crippen molar-refractivity contribution in [3.05, 3.63) is 18.2 Å². The Morgan fingerprint density at radius 3 is 2.06 bits per heavy atom. The van der Waals surface area contributed by atoms with E-state index in [0.29, 0.717) is 13.0 Å². The Hall–Kier alpha value is -1.42. The van der Waals surface area contributed by atoms with Crippen LogP contribution in [0.4, 0.5) is 5.69 Å². The van der Waals surface area contributed by atoms with E-state index in [1.807, 2.05) is 18.2 Å². The quantitative estimate of drug-likeness (QED) is 0.799. The molecule has 0 fully saturated rings. The standard InChI is InChI=1S/C13H21NO3/c1-13(2,15)5-6-14-10-7-11(16-3)9-12(8-10)17-4/h7-9,14-15H,5-6H2,1-4H3. The van der Waals surface area contributed by atoms with Crippen molar-refractivity contribution in [3.63, 3.8) is 0 Å². The molecule has 4 nitrogen and oxygen atoms in total. The maximum absolute atomic E-state index is 9.61. The van der Waals surface area contributed by atoms with Gasteiger partial charge in [-0.3, -0.25) is 0 Å². The van der Waals surface area contributed by atoms with Crippen LogP contribution in [-0.4, -0.2) is 31.5 Å². The van der Waals surface area contributed by atoms with E-state index in [-0.39, 0.29) is 0 Å². The first-order chi connectivity index (χ1) is 7.94. The predicted octanol–water partition coefficient (Wildman–Crippen LogP) is 2.28. The Bertz CT molecular complexity index is 336. The number of rotatable bonds is 6. The molecule has 2 N–H and O–H groups in total. The molecular formula is C13H21NO3. The van der Waals surface area contributed by atoms with Crippen molar-refractivity contribution in [1.82, 2.24) is 0 Å². The van der Waals surface area contributed by atoms with Gasteiger partial charge in [0.15, 0.2) is 0 Å². The fraction of sp³-hybridized carbons (Fsp3) is 0.538. The molecule has 0 aliphatic carbocycles. The highest BCUT2D eigenvalue weighted by Crippen LogP contribution is 2.25. The maximum atomic E-state index is 9.61. The van der Waals surface area contributed by atoms with Crippen LogP contribution in [0.2, 0.25) is 0 Å². The molecule has 17 heavy (non-hydrogen) atoms. The number of ether oxygens (including phenoxy) is 2. The summed E-state index contributed by atoms with van der Waals surface area (Å²) < 4.78 is 10.4. The molecule has 0 amide bonds. The van der Waals surface area contributed by atoms with Gasteiger partial charge < -0.3 is 19.9 Å². The monoisotopic (exact) mass is 239 g/mol. The van der Waals surface area contributed by atoms with Crippen LogP contribution in [0.15, 0.2) is 18.2 Å². The molecule has 0 aliphatic heterocycles. The van der Waals surface area contributed by atoms with E-state index in [0.717, 1.165) is 17.2 Å². The Morgan fingerprint density at radius 2 is 1.65 bits per heavy atom. The summed E-state index contributed by atoms with van der Waals surface area (Å²) in [5, 5.41) is 12.8. The van der Waals surface area contributed by atoms with Gasteiger partial charge in [-0.05, 0) is 20.3 Å². The van der Waals surface area contributed by atoms with E-state index in [2.05, 4.69) is 5.32 Å². The minimum atomic E-state index is -0.657. The van der Waals surface area contributed by atoms with Crippen molar-refractivity contribution in [2.75, 3.05) is 26.1 Å². The van der Waals surface area contributed by atoms with E-state index >= 15 is 0 Å². The first-order valence-electron chi connectivity index (χ1n) is 5.64. The molecule has 0 bridgehead atoms. The fourth-order valence-corrected chi connectivity index (χ4v) is 1.42. The van der Waals surface area contributed by atoms with Crippen LogP contribution >= 0.6 is 0 Å². The Morgan fingerprint density at radius 1 is 1.12 bits per heavy atom. The molecule has 0 spiro atoms. The van der Waals surface area contributed by atoms with Crippen molar-refractivity contribution < 1.29 is 14.6 Å². The van der Waals surface area contributed by atoms with E-state index in [1.54, 1.807) is 28.1 Å². The Balaban J connectivity index is 2.64. The van der Waals surface area contributed by atoms with Crippen molar-refractivity contribution in [1.29, 1.82) is 0 Å². The van der Waals surface area contributed by atoms with Gasteiger partial charge in [-0.15, -0.1) is 0 Å². The lowest BCUT2D eigenvalue weighted by molar-refractivity contribution is 0.0749. The number of anilines is 1. The SMILES string of the molecule is COc1cc(NCCC(C)(C)O)cc(OC)c1. The number of methoxy groups -OCH3 is 2. The van der Waals surface area contributed by atoms with E-state index in [4.69, 9.17) is 9.47 Å². The molecule has 0 aromatic heterocycles. The second-order valence-electron chi connectivity index (χ2n) is 4.59. The molecule has 1 aromatic rings. The molecule has 0 unspecified atom stereocenters. The first-order valence-corrected chi connectivity index (χ1v) is 5.64. The minimum absolute atomic E-state index is 0.657. The molecule has 0 saturated heterocycles. The third kappa shape index (κ3) is 4.95. The number of hydrogen-bond donors (Lipinski definition) is 2. The van der Waals surface area contributed by atoms with Gasteiger partial charge in [0.1, 0.15) is 11.5 Å². The predicted molar refractivity (Wildman–Crippen MR) is 69.0 cm³/mol. The summed E-state index contributed by atoms with van der Waals surface area (Å²) in [6.07, 6.45) is 0.673. The lowest BCUT2D eigenvalue weighted by Gasteiger charge is -2.18. The van der Waals surface area contributed by atoms with Crippen molar-refractivity contribution in [3.8, 4) is 11.5 Å². The largest absolute Gasteiger partial charge is 0.497 e. The van der Waals surface area contributed by atoms with Crippen LogP contribution < -0.4 is 14.8 Å². The Kier molecular flexibility index (Phi) is 4.63. The molecular weight excluding hydrogens is 218 g/mol. The summed E-state index contributed by atoms with van der Waals surface area (Å²) in [7, 11) is 3.24. The zero-order valence-corrected chi connectivity index (χ0v) is 10.9. The van der Waals surface area contributed by atoms with Crippen LogP contribution in [0.1, 0.15) is 20.3 Å².